The van der Waals surface area contributed by atoms with Crippen molar-refractivity contribution in [2.24, 2.45) is 7.05 Å². The van der Waals surface area contributed by atoms with Gasteiger partial charge in [0.15, 0.2) is 0 Å². The van der Waals surface area contributed by atoms with Gasteiger partial charge in [-0.2, -0.15) is 5.26 Å². The number of pyridine rings is 2. The molecule has 37 heavy (non-hydrogen) atoms. The summed E-state index contributed by atoms with van der Waals surface area (Å²) in [5.41, 5.74) is 4.04. The van der Waals surface area contributed by atoms with Crippen LogP contribution >= 0.6 is 0 Å². The second-order valence-electron chi connectivity index (χ2n) is 9.36. The number of rotatable bonds is 5. The van der Waals surface area contributed by atoms with Crippen LogP contribution < -0.4 is 10.5 Å². The zero-order valence-corrected chi connectivity index (χ0v) is 20.7. The van der Waals surface area contributed by atoms with E-state index in [0.29, 0.717) is 36.4 Å². The minimum absolute atomic E-state index is 0.0556. The predicted octanol–water partition coefficient (Wildman–Crippen LogP) is 4.77. The minimum atomic E-state index is -0.306. The summed E-state index contributed by atoms with van der Waals surface area (Å²) in [5, 5.41) is 9.42. The molecule has 2 aromatic heterocycles. The smallest absolute Gasteiger partial charge is 0.252 e. The van der Waals surface area contributed by atoms with Crippen molar-refractivity contribution < 1.29 is 8.78 Å². The molecular weight excluding hydrogens is 472 g/mol. The van der Waals surface area contributed by atoms with Crippen molar-refractivity contribution in [1.29, 1.82) is 5.26 Å². The molecule has 1 fully saturated rings. The maximum Gasteiger partial charge on any atom is 0.252 e. The molecule has 8 heteroatoms. The molecule has 1 saturated heterocycles. The van der Waals surface area contributed by atoms with E-state index in [0.717, 1.165) is 23.2 Å². The lowest BCUT2D eigenvalue weighted by Gasteiger charge is -2.45. The molecule has 1 aliphatic heterocycles. The first-order chi connectivity index (χ1) is 17.9. The fourth-order valence-electron chi connectivity index (χ4n) is 5.28. The maximum absolute atomic E-state index is 13.7. The molecule has 0 bridgehead atoms. The Balaban J connectivity index is 1.54. The molecule has 0 aliphatic carbocycles. The number of fused-ring (bicyclic) bond motifs is 1. The van der Waals surface area contributed by atoms with Crippen molar-refractivity contribution in [2.75, 3.05) is 24.5 Å². The molecule has 1 atom stereocenters. The van der Waals surface area contributed by atoms with Crippen LogP contribution in [0.5, 0.6) is 0 Å². The van der Waals surface area contributed by atoms with Crippen LogP contribution in [0.1, 0.15) is 36.2 Å². The van der Waals surface area contributed by atoms with Gasteiger partial charge in [0.2, 0.25) is 0 Å². The van der Waals surface area contributed by atoms with E-state index in [-0.39, 0.29) is 29.3 Å². The Morgan fingerprint density at radius 3 is 2.19 bits per heavy atom. The van der Waals surface area contributed by atoms with Gasteiger partial charge in [-0.3, -0.25) is 9.69 Å². The monoisotopic (exact) mass is 499 g/mol. The molecule has 0 saturated carbocycles. The largest absolute Gasteiger partial charge is 0.364 e. The molecule has 5 rings (SSSR count). The number of piperazine rings is 1. The molecule has 3 heterocycles. The average Bonchev–Trinajstić information content (AvgIpc) is 2.92. The van der Waals surface area contributed by atoms with Crippen LogP contribution in [-0.4, -0.2) is 40.1 Å². The van der Waals surface area contributed by atoms with E-state index < -0.39 is 0 Å². The van der Waals surface area contributed by atoms with Crippen molar-refractivity contribution in [3.63, 3.8) is 0 Å². The molecule has 0 spiro atoms. The Morgan fingerprint density at radius 1 is 1.00 bits per heavy atom. The lowest BCUT2D eigenvalue weighted by Crippen LogP contribution is -2.54. The van der Waals surface area contributed by atoms with Crippen molar-refractivity contribution in [2.45, 2.75) is 25.4 Å². The number of nitriles is 1. The average molecular weight is 500 g/mol. The number of aryl methyl sites for hydroxylation is 1. The number of benzene rings is 2. The van der Waals surface area contributed by atoms with Gasteiger partial charge < -0.3 is 9.47 Å². The van der Waals surface area contributed by atoms with E-state index >= 15 is 0 Å². The third-order valence-corrected chi connectivity index (χ3v) is 7.21. The first kappa shape index (κ1) is 24.6. The first-order valence-electron chi connectivity index (χ1n) is 12.3. The summed E-state index contributed by atoms with van der Waals surface area (Å²) in [6.45, 7) is 4.05. The fourth-order valence-corrected chi connectivity index (χ4v) is 5.28. The molecule has 1 aliphatic rings. The summed E-state index contributed by atoms with van der Waals surface area (Å²) < 4.78 is 29.0. The summed E-state index contributed by atoms with van der Waals surface area (Å²) in [7, 11) is 1.70. The lowest BCUT2D eigenvalue weighted by atomic mass is 9.94. The number of aromatic nitrogens is 2. The van der Waals surface area contributed by atoms with Crippen LogP contribution in [0.15, 0.2) is 71.5 Å². The van der Waals surface area contributed by atoms with Gasteiger partial charge in [-0.05, 0) is 53.9 Å². The van der Waals surface area contributed by atoms with Gasteiger partial charge in [0, 0.05) is 38.8 Å². The van der Waals surface area contributed by atoms with Crippen LogP contribution in [0.3, 0.4) is 0 Å². The molecule has 0 N–H and O–H groups in total. The molecule has 6 nitrogen and oxygen atoms in total. The highest BCUT2D eigenvalue weighted by molar-refractivity contribution is 5.89. The highest BCUT2D eigenvalue weighted by Gasteiger charge is 2.33. The van der Waals surface area contributed by atoms with Gasteiger partial charge in [-0.15, -0.1) is 0 Å². The molecule has 188 valence electrons. The Labute approximate surface area is 214 Å². The fraction of sp³-hybridized carbons (Fsp3) is 0.276. The molecule has 1 unspecified atom stereocenters. The van der Waals surface area contributed by atoms with Gasteiger partial charge >= 0.3 is 0 Å². The van der Waals surface area contributed by atoms with E-state index in [4.69, 9.17) is 0 Å². The zero-order valence-electron chi connectivity index (χ0n) is 20.7. The van der Waals surface area contributed by atoms with Crippen LogP contribution in [-0.2, 0) is 7.05 Å². The van der Waals surface area contributed by atoms with Crippen LogP contribution in [0.2, 0.25) is 0 Å². The van der Waals surface area contributed by atoms with Crippen molar-refractivity contribution in [1.82, 2.24) is 14.5 Å². The van der Waals surface area contributed by atoms with Crippen LogP contribution in [0.25, 0.3) is 11.0 Å². The SMILES string of the molecule is CCC1CN(C(c2ccc(F)cc2)c2ccc(F)cc2)CCN1c1cc(=O)n(C)c2ccc(C#N)nc12. The van der Waals surface area contributed by atoms with Gasteiger partial charge in [0.05, 0.1) is 17.2 Å². The number of anilines is 1. The Kier molecular flexibility index (Phi) is 6.72. The second kappa shape index (κ2) is 10.1. The van der Waals surface area contributed by atoms with E-state index in [9.17, 15) is 18.8 Å². The van der Waals surface area contributed by atoms with E-state index in [2.05, 4.69) is 27.8 Å². The van der Waals surface area contributed by atoms with E-state index in [1.165, 1.54) is 24.3 Å². The second-order valence-corrected chi connectivity index (χ2v) is 9.36. The number of hydrogen-bond acceptors (Lipinski definition) is 5. The summed E-state index contributed by atoms with van der Waals surface area (Å²) in [4.78, 5) is 21.9. The third kappa shape index (κ3) is 4.70. The topological polar surface area (TPSA) is 65.2 Å². The van der Waals surface area contributed by atoms with Gasteiger partial charge in [-0.1, -0.05) is 31.2 Å². The summed E-state index contributed by atoms with van der Waals surface area (Å²) in [6.07, 6.45) is 0.810. The lowest BCUT2D eigenvalue weighted by molar-refractivity contribution is 0.181. The van der Waals surface area contributed by atoms with Gasteiger partial charge in [0.1, 0.15) is 28.9 Å². The number of halogens is 2. The first-order valence-corrected chi connectivity index (χ1v) is 12.3. The Hall–Kier alpha value is -4.09. The Morgan fingerprint density at radius 2 is 1.62 bits per heavy atom. The summed E-state index contributed by atoms with van der Waals surface area (Å²) >= 11 is 0. The third-order valence-electron chi connectivity index (χ3n) is 7.21. The zero-order chi connectivity index (χ0) is 26.1. The number of nitrogens with zero attached hydrogens (tertiary/aromatic N) is 5. The molecular formula is C29H27F2N5O. The molecule has 0 amide bonds. The van der Waals surface area contributed by atoms with Crippen LogP contribution in [0.4, 0.5) is 14.5 Å². The van der Waals surface area contributed by atoms with Crippen molar-refractivity contribution in [3.05, 3.63) is 106 Å². The maximum atomic E-state index is 13.7. The quantitative estimate of drug-likeness (QED) is 0.396. The van der Waals surface area contributed by atoms with Crippen LogP contribution in [0, 0.1) is 23.0 Å². The molecule has 4 aromatic rings. The highest BCUT2D eigenvalue weighted by atomic mass is 19.1. The van der Waals surface area contributed by atoms with Crippen molar-refractivity contribution >= 4 is 16.7 Å². The highest BCUT2D eigenvalue weighted by Crippen LogP contribution is 2.34. The van der Waals surface area contributed by atoms with Gasteiger partial charge in [0.25, 0.3) is 5.56 Å². The van der Waals surface area contributed by atoms with Crippen molar-refractivity contribution in [3.8, 4) is 6.07 Å². The van der Waals surface area contributed by atoms with E-state index in [1.54, 1.807) is 54.1 Å². The van der Waals surface area contributed by atoms with E-state index in [1.807, 2.05) is 0 Å². The molecule has 2 aromatic carbocycles. The minimum Gasteiger partial charge on any atom is -0.364 e. The Bertz CT molecular complexity index is 1480. The normalized spacial score (nSPS) is 16.3. The van der Waals surface area contributed by atoms with Gasteiger partial charge in [-0.25, -0.2) is 13.8 Å². The number of hydrogen-bond donors (Lipinski definition) is 0. The summed E-state index contributed by atoms with van der Waals surface area (Å²) in [6, 6.07) is 19.9. The standard InChI is InChI=1S/C29H27F2N5O/c1-3-24-18-35(29(19-4-8-21(30)9-5-19)20-6-10-22(31)11-7-20)14-15-36(24)26-16-27(37)34(2)25-13-12-23(17-32)33-28(25)26/h4-13,16,24,29H,3,14-15,18H2,1-2H3. The summed E-state index contributed by atoms with van der Waals surface area (Å²) in [5.74, 6) is -0.612. The predicted molar refractivity (Wildman–Crippen MR) is 139 cm³/mol. The molecule has 0 radical (unpaired) electrons.